The van der Waals surface area contributed by atoms with E-state index in [-0.39, 0.29) is 22.5 Å². The van der Waals surface area contributed by atoms with E-state index in [0.29, 0.717) is 6.07 Å². The molecule has 0 aliphatic heterocycles. The third-order valence-corrected chi connectivity index (χ3v) is 3.69. The van der Waals surface area contributed by atoms with Crippen LogP contribution in [0.2, 0.25) is 0 Å². The average Bonchev–Trinajstić information content (AvgIpc) is 2.66. The molecule has 2 N–H and O–H groups in total. The van der Waals surface area contributed by atoms with Gasteiger partial charge in [0.15, 0.2) is 0 Å². The predicted octanol–water partition coefficient (Wildman–Crippen LogP) is 4.61. The van der Waals surface area contributed by atoms with Crippen LogP contribution in [0.25, 0.3) is 0 Å². The molecule has 3 aromatic rings. The minimum Gasteiger partial charge on any atom is -0.319 e. The fraction of sp³-hybridized carbons (Fsp3) is 0. The zero-order valence-corrected chi connectivity index (χ0v) is 13.8. The first-order valence-electron chi connectivity index (χ1n) is 7.86. The molecule has 0 unspecified atom stereocenters. The maximum Gasteiger partial charge on any atom is 0.255 e. The van der Waals surface area contributed by atoms with Crippen molar-refractivity contribution in [3.8, 4) is 0 Å². The molecule has 0 bridgehead atoms. The molecule has 0 aliphatic carbocycles. The summed E-state index contributed by atoms with van der Waals surface area (Å²) in [6.07, 6.45) is 0. The van der Waals surface area contributed by atoms with Gasteiger partial charge in [-0.05, 0) is 42.5 Å². The van der Waals surface area contributed by atoms with Crippen LogP contribution < -0.4 is 10.6 Å². The monoisotopic (exact) mass is 370 g/mol. The molecule has 0 radical (unpaired) electrons. The van der Waals surface area contributed by atoms with Crippen molar-refractivity contribution in [3.05, 3.63) is 95.3 Å². The van der Waals surface area contributed by atoms with Crippen LogP contribution in [0.5, 0.6) is 0 Å². The zero-order chi connectivity index (χ0) is 19.4. The van der Waals surface area contributed by atoms with E-state index >= 15 is 0 Å². The number of amides is 2. The third kappa shape index (κ3) is 4.33. The topological polar surface area (TPSA) is 58.2 Å². The number of carbonyl (C=O) groups excluding carboxylic acids is 2. The Hall–Kier alpha value is -3.61. The van der Waals surface area contributed by atoms with Gasteiger partial charge in [0.2, 0.25) is 0 Å². The van der Waals surface area contributed by atoms with Crippen molar-refractivity contribution in [3.63, 3.8) is 0 Å². The van der Waals surface area contributed by atoms with E-state index in [0.717, 1.165) is 12.1 Å². The molecule has 4 nitrogen and oxygen atoms in total. The van der Waals surface area contributed by atoms with Crippen LogP contribution in [0.15, 0.2) is 66.7 Å². The van der Waals surface area contributed by atoms with Crippen molar-refractivity contribution in [1.29, 1.82) is 0 Å². The van der Waals surface area contributed by atoms with Gasteiger partial charge in [-0.25, -0.2) is 13.2 Å². The fourth-order valence-corrected chi connectivity index (χ4v) is 2.34. The van der Waals surface area contributed by atoms with Gasteiger partial charge in [0.1, 0.15) is 17.5 Å². The molecule has 0 spiro atoms. The van der Waals surface area contributed by atoms with Crippen LogP contribution in [0.3, 0.4) is 0 Å². The highest BCUT2D eigenvalue weighted by Crippen LogP contribution is 2.18. The lowest BCUT2D eigenvalue weighted by molar-refractivity contribution is 0.102. The largest absolute Gasteiger partial charge is 0.319 e. The molecule has 0 fully saturated rings. The van der Waals surface area contributed by atoms with Gasteiger partial charge in [0, 0.05) is 17.2 Å². The van der Waals surface area contributed by atoms with Crippen molar-refractivity contribution < 1.29 is 22.8 Å². The summed E-state index contributed by atoms with van der Waals surface area (Å²) in [7, 11) is 0. The van der Waals surface area contributed by atoms with Crippen LogP contribution in [-0.2, 0) is 0 Å². The Morgan fingerprint density at radius 2 is 1.22 bits per heavy atom. The summed E-state index contributed by atoms with van der Waals surface area (Å²) in [4.78, 5) is 24.6. The van der Waals surface area contributed by atoms with Crippen LogP contribution >= 0.6 is 0 Å². The molecule has 0 heterocycles. The Kier molecular flexibility index (Phi) is 5.21. The summed E-state index contributed by atoms with van der Waals surface area (Å²) in [5.74, 6) is -3.57. The first-order valence-corrected chi connectivity index (χ1v) is 7.86. The van der Waals surface area contributed by atoms with E-state index in [4.69, 9.17) is 0 Å². The van der Waals surface area contributed by atoms with Gasteiger partial charge in [0.25, 0.3) is 11.8 Å². The molecule has 27 heavy (non-hydrogen) atoms. The summed E-state index contributed by atoms with van der Waals surface area (Å²) >= 11 is 0. The molecule has 0 aromatic heterocycles. The third-order valence-electron chi connectivity index (χ3n) is 3.69. The van der Waals surface area contributed by atoms with Crippen molar-refractivity contribution in [2.24, 2.45) is 0 Å². The molecule has 0 aliphatic rings. The van der Waals surface area contributed by atoms with Gasteiger partial charge in [-0.1, -0.05) is 18.2 Å². The Morgan fingerprint density at radius 1 is 0.630 bits per heavy atom. The van der Waals surface area contributed by atoms with E-state index in [2.05, 4.69) is 10.6 Å². The van der Waals surface area contributed by atoms with Gasteiger partial charge in [0.05, 0.1) is 11.4 Å². The summed E-state index contributed by atoms with van der Waals surface area (Å²) in [6, 6.07) is 14.0. The quantitative estimate of drug-likeness (QED) is 0.705. The van der Waals surface area contributed by atoms with Gasteiger partial charge in [-0.3, -0.25) is 9.59 Å². The number of anilines is 2. The number of hydrogen-bond acceptors (Lipinski definition) is 2. The van der Waals surface area contributed by atoms with Crippen molar-refractivity contribution >= 4 is 23.2 Å². The van der Waals surface area contributed by atoms with Crippen LogP contribution in [0.1, 0.15) is 20.7 Å². The standard InChI is InChI=1S/C20H13F3N2O2/c21-14-8-9-18(16(23)11-14)25-20(27)13-5-3-4-12(10-13)19(26)24-17-7-2-1-6-15(17)22/h1-11H,(H,24,26)(H,25,27). The van der Waals surface area contributed by atoms with Gasteiger partial charge >= 0.3 is 0 Å². The highest BCUT2D eigenvalue weighted by atomic mass is 19.1. The molecule has 136 valence electrons. The lowest BCUT2D eigenvalue weighted by Gasteiger charge is -2.09. The lowest BCUT2D eigenvalue weighted by Crippen LogP contribution is -2.16. The van der Waals surface area contributed by atoms with Gasteiger partial charge in [-0.15, -0.1) is 0 Å². The second-order valence-electron chi connectivity index (χ2n) is 5.59. The molecular weight excluding hydrogens is 357 g/mol. The number of carbonyl (C=O) groups is 2. The summed E-state index contributed by atoms with van der Waals surface area (Å²) in [5.41, 5.74) is 0.0127. The second kappa shape index (κ2) is 7.74. The van der Waals surface area contributed by atoms with E-state index in [1.54, 1.807) is 6.07 Å². The molecule has 3 rings (SSSR count). The molecule has 0 saturated carbocycles. The number of para-hydroxylation sites is 1. The number of benzene rings is 3. The fourth-order valence-electron chi connectivity index (χ4n) is 2.34. The van der Waals surface area contributed by atoms with E-state index in [1.165, 1.54) is 42.5 Å². The summed E-state index contributed by atoms with van der Waals surface area (Å²) in [6.45, 7) is 0. The van der Waals surface area contributed by atoms with Crippen LogP contribution in [0.4, 0.5) is 24.5 Å². The Balaban J connectivity index is 1.77. The highest BCUT2D eigenvalue weighted by Gasteiger charge is 2.14. The Morgan fingerprint density at radius 3 is 1.81 bits per heavy atom. The lowest BCUT2D eigenvalue weighted by atomic mass is 10.1. The van der Waals surface area contributed by atoms with Crippen LogP contribution in [-0.4, -0.2) is 11.8 Å². The predicted molar refractivity (Wildman–Crippen MR) is 95.1 cm³/mol. The number of nitrogens with one attached hydrogen (secondary N) is 2. The zero-order valence-electron chi connectivity index (χ0n) is 13.8. The first kappa shape index (κ1) is 18.2. The minimum atomic E-state index is -0.920. The van der Waals surface area contributed by atoms with Crippen molar-refractivity contribution in [1.82, 2.24) is 0 Å². The number of hydrogen-bond donors (Lipinski definition) is 2. The smallest absolute Gasteiger partial charge is 0.255 e. The summed E-state index contributed by atoms with van der Waals surface area (Å²) < 4.78 is 40.2. The maximum absolute atomic E-state index is 13.7. The Labute approximate surface area is 152 Å². The molecule has 3 aromatic carbocycles. The van der Waals surface area contributed by atoms with Crippen molar-refractivity contribution in [2.45, 2.75) is 0 Å². The van der Waals surface area contributed by atoms with Crippen LogP contribution in [0, 0.1) is 17.5 Å². The van der Waals surface area contributed by atoms with Gasteiger partial charge in [-0.2, -0.15) is 0 Å². The molecule has 0 saturated heterocycles. The molecule has 2 amide bonds. The summed E-state index contributed by atoms with van der Waals surface area (Å²) in [5, 5.41) is 4.72. The maximum atomic E-state index is 13.7. The molecule has 0 atom stereocenters. The van der Waals surface area contributed by atoms with E-state index in [1.807, 2.05) is 0 Å². The van der Waals surface area contributed by atoms with Crippen molar-refractivity contribution in [2.75, 3.05) is 10.6 Å². The minimum absolute atomic E-state index is 0.00531. The average molecular weight is 370 g/mol. The van der Waals surface area contributed by atoms with E-state index in [9.17, 15) is 22.8 Å². The van der Waals surface area contributed by atoms with E-state index < -0.39 is 29.3 Å². The number of halogens is 3. The SMILES string of the molecule is O=C(Nc1ccccc1F)c1cccc(C(=O)Nc2ccc(F)cc2F)c1. The van der Waals surface area contributed by atoms with Gasteiger partial charge < -0.3 is 10.6 Å². The Bertz CT molecular complexity index is 1020. The second-order valence-corrected chi connectivity index (χ2v) is 5.59. The number of rotatable bonds is 4. The first-order chi connectivity index (χ1) is 12.9. The molecule has 7 heteroatoms. The highest BCUT2D eigenvalue weighted by molar-refractivity contribution is 6.08. The molecular formula is C20H13F3N2O2. The normalized spacial score (nSPS) is 10.3.